The predicted octanol–water partition coefficient (Wildman–Crippen LogP) is 5.24. The molecule has 1 fully saturated rings. The summed E-state index contributed by atoms with van der Waals surface area (Å²) in [6, 6.07) is 8.32. The van der Waals surface area contributed by atoms with Crippen molar-refractivity contribution in [2.45, 2.75) is 88.2 Å². The molecular formula is C23H34N4O2S. The van der Waals surface area contributed by atoms with Crippen LogP contribution in [-0.2, 0) is 4.79 Å². The second-order valence-electron chi connectivity index (χ2n) is 8.68. The van der Waals surface area contributed by atoms with Crippen LogP contribution in [0.15, 0.2) is 29.4 Å². The van der Waals surface area contributed by atoms with Gasteiger partial charge in [-0.3, -0.25) is 9.36 Å². The first-order valence-electron chi connectivity index (χ1n) is 10.9. The van der Waals surface area contributed by atoms with E-state index in [1.807, 2.05) is 31.2 Å². The van der Waals surface area contributed by atoms with Gasteiger partial charge in [-0.1, -0.05) is 37.9 Å². The van der Waals surface area contributed by atoms with Crippen LogP contribution in [0.1, 0.15) is 72.3 Å². The zero-order valence-electron chi connectivity index (χ0n) is 18.8. The Morgan fingerprint density at radius 3 is 2.50 bits per heavy atom. The van der Waals surface area contributed by atoms with Crippen LogP contribution < -0.4 is 10.1 Å². The summed E-state index contributed by atoms with van der Waals surface area (Å²) >= 11 is 1.50. The first kappa shape index (κ1) is 22.7. The summed E-state index contributed by atoms with van der Waals surface area (Å²) in [5, 5.41) is 12.8. The summed E-state index contributed by atoms with van der Waals surface area (Å²) in [4.78, 5) is 12.8. The molecule has 1 atom stereocenters. The number of hydrogen-bond donors (Lipinski definition) is 1. The molecule has 1 amide bonds. The molecule has 2 aromatic rings. The number of amides is 1. The van der Waals surface area contributed by atoms with Gasteiger partial charge >= 0.3 is 0 Å². The van der Waals surface area contributed by atoms with Crippen molar-refractivity contribution in [3.05, 3.63) is 24.3 Å². The molecule has 3 rings (SSSR count). The fourth-order valence-electron chi connectivity index (χ4n) is 3.70. The summed E-state index contributed by atoms with van der Waals surface area (Å²) in [7, 11) is 1.67. The number of rotatable bonds is 8. The van der Waals surface area contributed by atoms with E-state index in [0.29, 0.717) is 6.04 Å². The van der Waals surface area contributed by atoms with Crippen molar-refractivity contribution >= 4 is 17.7 Å². The van der Waals surface area contributed by atoms with Crippen molar-refractivity contribution in [1.82, 2.24) is 20.1 Å². The van der Waals surface area contributed by atoms with Gasteiger partial charge in [-0.05, 0) is 64.3 Å². The van der Waals surface area contributed by atoms with E-state index in [4.69, 9.17) is 4.74 Å². The highest BCUT2D eigenvalue weighted by Crippen LogP contribution is 2.37. The molecule has 1 heterocycles. The smallest absolute Gasteiger partial charge is 0.233 e. The second-order valence-corrected chi connectivity index (χ2v) is 9.99. The van der Waals surface area contributed by atoms with Crippen LogP contribution >= 0.6 is 11.8 Å². The molecule has 1 saturated carbocycles. The molecule has 1 aromatic heterocycles. The molecule has 1 N–H and O–H groups in total. The van der Waals surface area contributed by atoms with E-state index in [1.54, 1.807) is 7.11 Å². The maximum atomic E-state index is 12.8. The van der Waals surface area contributed by atoms with E-state index in [9.17, 15) is 4.79 Å². The normalized spacial score (nSPS) is 16.3. The number of hydrogen-bond acceptors (Lipinski definition) is 5. The number of aromatic nitrogens is 3. The lowest BCUT2D eigenvalue weighted by Crippen LogP contribution is -2.46. The Balaban J connectivity index is 1.88. The van der Waals surface area contributed by atoms with Gasteiger partial charge in [0, 0.05) is 17.1 Å². The van der Waals surface area contributed by atoms with Gasteiger partial charge in [0.15, 0.2) is 11.0 Å². The Labute approximate surface area is 184 Å². The van der Waals surface area contributed by atoms with Gasteiger partial charge in [-0.2, -0.15) is 0 Å². The Morgan fingerprint density at radius 2 is 1.90 bits per heavy atom. The molecule has 30 heavy (non-hydrogen) atoms. The van der Waals surface area contributed by atoms with Crippen LogP contribution in [0, 0.1) is 0 Å². The number of benzene rings is 1. The minimum atomic E-state index is -0.244. The molecule has 0 saturated heterocycles. The largest absolute Gasteiger partial charge is 0.497 e. The van der Waals surface area contributed by atoms with Gasteiger partial charge in [-0.15, -0.1) is 10.2 Å². The molecule has 7 heteroatoms. The minimum absolute atomic E-state index is 0.0380. The van der Waals surface area contributed by atoms with E-state index in [-0.39, 0.29) is 16.7 Å². The Kier molecular flexibility index (Phi) is 7.45. The third-order valence-electron chi connectivity index (χ3n) is 5.95. The lowest BCUT2D eigenvalue weighted by molar-refractivity contribution is -0.121. The Morgan fingerprint density at radius 1 is 1.23 bits per heavy atom. The number of ether oxygens (including phenoxy) is 1. The zero-order chi connectivity index (χ0) is 21.7. The molecule has 1 unspecified atom stereocenters. The summed E-state index contributed by atoms with van der Waals surface area (Å²) in [6.07, 6.45) is 6.85. The monoisotopic (exact) mass is 430 g/mol. The summed E-state index contributed by atoms with van der Waals surface area (Å²) in [6.45, 7) is 8.13. The van der Waals surface area contributed by atoms with Crippen molar-refractivity contribution in [3.8, 4) is 17.1 Å². The van der Waals surface area contributed by atoms with Crippen LogP contribution in [0.5, 0.6) is 5.75 Å². The average molecular weight is 431 g/mol. The van der Waals surface area contributed by atoms with Crippen LogP contribution in [0.25, 0.3) is 11.4 Å². The van der Waals surface area contributed by atoms with Crippen LogP contribution in [0.3, 0.4) is 0 Å². The van der Waals surface area contributed by atoms with E-state index in [0.717, 1.165) is 41.6 Å². The molecule has 1 aliphatic carbocycles. The number of carbonyl (C=O) groups excluding carboxylic acids is 1. The summed E-state index contributed by atoms with van der Waals surface area (Å²) in [5.74, 6) is 1.73. The number of methoxy groups -OCH3 is 1. The summed E-state index contributed by atoms with van der Waals surface area (Å²) in [5.41, 5.74) is 0.807. The maximum absolute atomic E-state index is 12.8. The van der Waals surface area contributed by atoms with Crippen molar-refractivity contribution < 1.29 is 9.53 Å². The quantitative estimate of drug-likeness (QED) is 0.580. The number of nitrogens with zero attached hydrogens (tertiary/aromatic N) is 3. The van der Waals surface area contributed by atoms with Gasteiger partial charge in [0.2, 0.25) is 5.91 Å². The predicted molar refractivity (Wildman–Crippen MR) is 122 cm³/mol. The third-order valence-corrected chi connectivity index (χ3v) is 7.01. The lowest BCUT2D eigenvalue weighted by Gasteiger charge is -2.28. The van der Waals surface area contributed by atoms with Gasteiger partial charge < -0.3 is 10.1 Å². The van der Waals surface area contributed by atoms with E-state index < -0.39 is 0 Å². The topological polar surface area (TPSA) is 69.0 Å². The van der Waals surface area contributed by atoms with Crippen LogP contribution in [0.4, 0.5) is 0 Å². The highest BCUT2D eigenvalue weighted by atomic mass is 32.2. The van der Waals surface area contributed by atoms with Crippen molar-refractivity contribution in [2.24, 2.45) is 0 Å². The minimum Gasteiger partial charge on any atom is -0.497 e. The van der Waals surface area contributed by atoms with Crippen molar-refractivity contribution in [3.63, 3.8) is 0 Å². The van der Waals surface area contributed by atoms with Gasteiger partial charge in [0.1, 0.15) is 5.75 Å². The molecular weight excluding hydrogens is 396 g/mol. The molecule has 0 radical (unpaired) electrons. The van der Waals surface area contributed by atoms with E-state index in [1.165, 1.54) is 31.0 Å². The van der Waals surface area contributed by atoms with E-state index in [2.05, 4.69) is 40.9 Å². The number of carbonyl (C=O) groups is 1. The Hall–Kier alpha value is -2.02. The second kappa shape index (κ2) is 9.86. The Bertz CT molecular complexity index is 841. The SMILES string of the molecule is CCC(C)(C)NC(=O)C(C)Sc1nnc(-c2ccc(OC)cc2)n1C1CCCCC1. The first-order chi connectivity index (χ1) is 14.3. The highest BCUT2D eigenvalue weighted by Gasteiger charge is 2.28. The number of thioether (sulfide) groups is 1. The van der Waals surface area contributed by atoms with Gasteiger partial charge in [0.25, 0.3) is 0 Å². The maximum Gasteiger partial charge on any atom is 0.233 e. The molecule has 1 aromatic carbocycles. The van der Waals surface area contributed by atoms with E-state index >= 15 is 0 Å². The fraction of sp³-hybridized carbons (Fsp3) is 0.609. The number of nitrogens with one attached hydrogen (secondary N) is 1. The van der Waals surface area contributed by atoms with Gasteiger partial charge in [-0.25, -0.2) is 0 Å². The average Bonchev–Trinajstić information content (AvgIpc) is 3.17. The summed E-state index contributed by atoms with van der Waals surface area (Å²) < 4.78 is 7.56. The van der Waals surface area contributed by atoms with Gasteiger partial charge in [0.05, 0.1) is 12.4 Å². The molecule has 164 valence electrons. The highest BCUT2D eigenvalue weighted by molar-refractivity contribution is 8.00. The van der Waals surface area contributed by atoms with Crippen LogP contribution in [-0.4, -0.2) is 38.6 Å². The standard InChI is InChI=1S/C23H34N4O2S/c1-6-23(3,4)24-21(28)16(2)30-22-26-25-20(17-12-14-19(29-5)15-13-17)27(22)18-10-8-7-9-11-18/h12-16,18H,6-11H2,1-5H3,(H,24,28). The first-order valence-corrected chi connectivity index (χ1v) is 11.8. The molecule has 0 bridgehead atoms. The molecule has 6 nitrogen and oxygen atoms in total. The molecule has 0 spiro atoms. The third kappa shape index (κ3) is 5.36. The van der Waals surface area contributed by atoms with Crippen molar-refractivity contribution in [1.29, 1.82) is 0 Å². The molecule has 0 aliphatic heterocycles. The van der Waals surface area contributed by atoms with Crippen molar-refractivity contribution in [2.75, 3.05) is 7.11 Å². The fourth-order valence-corrected chi connectivity index (χ4v) is 4.62. The molecule has 1 aliphatic rings. The lowest BCUT2D eigenvalue weighted by atomic mass is 9.95. The van der Waals surface area contributed by atoms with Crippen LogP contribution in [0.2, 0.25) is 0 Å². The zero-order valence-corrected chi connectivity index (χ0v) is 19.6.